The van der Waals surface area contributed by atoms with Crippen molar-refractivity contribution < 1.29 is 17.6 Å². The molecule has 8 heteroatoms. The highest BCUT2D eigenvalue weighted by molar-refractivity contribution is 7.99. The van der Waals surface area contributed by atoms with Crippen molar-refractivity contribution in [2.75, 3.05) is 5.75 Å². The van der Waals surface area contributed by atoms with Crippen LogP contribution in [0.4, 0.5) is 17.6 Å². The van der Waals surface area contributed by atoms with Crippen LogP contribution in [0.25, 0.3) is 6.08 Å². The Morgan fingerprint density at radius 3 is 2.70 bits per heavy atom. The first-order valence-electron chi connectivity index (χ1n) is 8.05. The molecular formula is C19H18F4N2OS. The Hall–Kier alpha value is -2.35. The van der Waals surface area contributed by atoms with Gasteiger partial charge in [-0.25, -0.2) is 9.37 Å². The molecule has 2 rings (SSSR count). The Bertz CT molecular complexity index is 932. The maximum atomic E-state index is 13.6. The molecule has 0 spiro atoms. The molecule has 0 aliphatic heterocycles. The fourth-order valence-electron chi connectivity index (χ4n) is 2.31. The summed E-state index contributed by atoms with van der Waals surface area (Å²) in [5, 5.41) is 0. The van der Waals surface area contributed by atoms with E-state index in [1.807, 2.05) is 6.92 Å². The molecule has 0 atom stereocenters. The van der Waals surface area contributed by atoms with Gasteiger partial charge in [0, 0.05) is 16.0 Å². The number of halogens is 4. The van der Waals surface area contributed by atoms with E-state index >= 15 is 0 Å². The first-order valence-corrected chi connectivity index (χ1v) is 9.03. The van der Waals surface area contributed by atoms with Gasteiger partial charge in [-0.1, -0.05) is 13.5 Å². The summed E-state index contributed by atoms with van der Waals surface area (Å²) >= 11 is 1.53. The Morgan fingerprint density at radius 1 is 1.37 bits per heavy atom. The zero-order valence-corrected chi connectivity index (χ0v) is 15.6. The van der Waals surface area contributed by atoms with Crippen LogP contribution in [-0.4, -0.2) is 21.5 Å². The van der Waals surface area contributed by atoms with Crippen LogP contribution >= 0.6 is 11.8 Å². The van der Waals surface area contributed by atoms with Crippen molar-refractivity contribution in [3.8, 4) is 0 Å². The van der Waals surface area contributed by atoms with Crippen molar-refractivity contribution in [3.63, 3.8) is 0 Å². The van der Waals surface area contributed by atoms with Crippen LogP contribution < -0.4 is 5.56 Å². The van der Waals surface area contributed by atoms with E-state index in [2.05, 4.69) is 11.6 Å². The summed E-state index contributed by atoms with van der Waals surface area (Å²) in [5.41, 5.74) is -0.472. The van der Waals surface area contributed by atoms with Crippen LogP contribution in [0.2, 0.25) is 0 Å². The van der Waals surface area contributed by atoms with Gasteiger partial charge in [0.05, 0.1) is 18.6 Å². The molecule has 0 aliphatic carbocycles. The lowest BCUT2D eigenvalue weighted by molar-refractivity contribution is -0.0877. The average Bonchev–Trinajstić information content (AvgIpc) is 2.59. The Morgan fingerprint density at radius 2 is 2.07 bits per heavy atom. The molecule has 0 saturated heterocycles. The number of thioether (sulfide) groups is 1. The number of hydrogen-bond donors (Lipinski definition) is 0. The van der Waals surface area contributed by atoms with E-state index in [9.17, 15) is 22.4 Å². The fourth-order valence-corrected chi connectivity index (χ4v) is 3.10. The number of benzene rings is 1. The Balaban J connectivity index is 2.33. The molecule has 0 amide bonds. The Labute approximate surface area is 158 Å². The van der Waals surface area contributed by atoms with E-state index < -0.39 is 23.1 Å². The van der Waals surface area contributed by atoms with Crippen LogP contribution in [0.3, 0.4) is 0 Å². The van der Waals surface area contributed by atoms with Crippen molar-refractivity contribution in [1.82, 2.24) is 9.55 Å². The van der Waals surface area contributed by atoms with Gasteiger partial charge in [-0.15, -0.1) is 11.8 Å². The highest BCUT2D eigenvalue weighted by atomic mass is 32.2. The highest BCUT2D eigenvalue weighted by Gasteiger charge is 2.29. The van der Waals surface area contributed by atoms with Gasteiger partial charge in [0.1, 0.15) is 5.82 Å². The van der Waals surface area contributed by atoms with E-state index in [1.165, 1.54) is 41.7 Å². The minimum absolute atomic E-state index is 0.117. The van der Waals surface area contributed by atoms with E-state index in [4.69, 9.17) is 0 Å². The third-order valence-electron chi connectivity index (χ3n) is 3.77. The standard InChI is InChI=1S/C19H18F4N2OS/c1-4-27-17-8-6-15(20)9-14(17)10-25-11-24-16(13(3)18(25)26)7-5-12(2)19(21,22)23/h5-9,11H,2,4,10H2,1,3H3/b7-5-. The molecule has 0 fully saturated rings. The smallest absolute Gasteiger partial charge is 0.294 e. The van der Waals surface area contributed by atoms with Gasteiger partial charge in [-0.05, 0) is 48.6 Å². The summed E-state index contributed by atoms with van der Waals surface area (Å²) in [7, 11) is 0. The summed E-state index contributed by atoms with van der Waals surface area (Å²) in [4.78, 5) is 17.4. The zero-order chi connectivity index (χ0) is 20.2. The van der Waals surface area contributed by atoms with Gasteiger partial charge in [0.15, 0.2) is 0 Å². The van der Waals surface area contributed by atoms with Gasteiger partial charge in [-0.2, -0.15) is 13.2 Å². The van der Waals surface area contributed by atoms with Gasteiger partial charge < -0.3 is 0 Å². The van der Waals surface area contributed by atoms with Gasteiger partial charge in [0.25, 0.3) is 5.56 Å². The molecule has 0 saturated carbocycles. The second kappa shape index (κ2) is 8.56. The maximum Gasteiger partial charge on any atom is 0.415 e. The fraction of sp³-hybridized carbons (Fsp3) is 0.263. The first kappa shape index (κ1) is 21.0. The SMILES string of the molecule is C=C(/C=C\c1ncn(Cc2cc(F)ccc2SCC)c(=O)c1C)C(F)(F)F. The molecule has 1 aromatic carbocycles. The molecule has 144 valence electrons. The first-order chi connectivity index (χ1) is 12.6. The maximum absolute atomic E-state index is 13.6. The summed E-state index contributed by atoms with van der Waals surface area (Å²) in [6, 6.07) is 4.38. The summed E-state index contributed by atoms with van der Waals surface area (Å²) in [6.07, 6.45) is -1.40. The second-order valence-corrected chi connectivity index (χ2v) is 7.04. The second-order valence-electron chi connectivity index (χ2n) is 5.73. The van der Waals surface area contributed by atoms with Crippen LogP contribution in [-0.2, 0) is 6.54 Å². The number of nitrogens with zero attached hydrogens (tertiary/aromatic N) is 2. The molecular weight excluding hydrogens is 380 g/mol. The lowest BCUT2D eigenvalue weighted by atomic mass is 10.2. The molecule has 0 N–H and O–H groups in total. The average molecular weight is 398 g/mol. The highest BCUT2D eigenvalue weighted by Crippen LogP contribution is 2.26. The van der Waals surface area contributed by atoms with E-state index in [-0.39, 0.29) is 17.8 Å². The monoisotopic (exact) mass is 398 g/mol. The van der Waals surface area contributed by atoms with Crippen LogP contribution in [0.15, 0.2) is 52.4 Å². The number of hydrogen-bond acceptors (Lipinski definition) is 3. The minimum atomic E-state index is -4.54. The molecule has 1 heterocycles. The topological polar surface area (TPSA) is 34.9 Å². The summed E-state index contributed by atoms with van der Waals surface area (Å²) in [5.74, 6) is 0.380. The molecule has 0 bridgehead atoms. The van der Waals surface area contributed by atoms with Crippen LogP contribution in [0.5, 0.6) is 0 Å². The van der Waals surface area contributed by atoms with E-state index in [0.717, 1.165) is 22.8 Å². The van der Waals surface area contributed by atoms with Gasteiger partial charge >= 0.3 is 6.18 Å². The van der Waals surface area contributed by atoms with Crippen molar-refractivity contribution in [2.45, 2.75) is 31.5 Å². The molecule has 0 unspecified atom stereocenters. The number of rotatable bonds is 6. The molecule has 3 nitrogen and oxygen atoms in total. The van der Waals surface area contributed by atoms with E-state index in [1.54, 1.807) is 6.07 Å². The third-order valence-corrected chi connectivity index (χ3v) is 4.77. The Kier molecular flexibility index (Phi) is 6.64. The lowest BCUT2D eigenvalue weighted by Gasteiger charge is -2.12. The summed E-state index contributed by atoms with van der Waals surface area (Å²) in [6.45, 7) is 6.50. The number of alkyl halides is 3. The van der Waals surface area contributed by atoms with Crippen molar-refractivity contribution in [2.24, 2.45) is 0 Å². The van der Waals surface area contributed by atoms with E-state index in [0.29, 0.717) is 5.56 Å². The van der Waals surface area contributed by atoms with Crippen molar-refractivity contribution in [3.05, 3.63) is 75.7 Å². The quantitative estimate of drug-likeness (QED) is 0.391. The minimum Gasteiger partial charge on any atom is -0.294 e. The molecule has 1 aromatic heterocycles. The third kappa shape index (κ3) is 5.32. The van der Waals surface area contributed by atoms with Gasteiger partial charge in [-0.3, -0.25) is 9.36 Å². The van der Waals surface area contributed by atoms with Crippen molar-refractivity contribution >= 4 is 17.8 Å². The molecule has 27 heavy (non-hydrogen) atoms. The summed E-state index contributed by atoms with van der Waals surface area (Å²) < 4.78 is 52.4. The number of allylic oxidation sites excluding steroid dienone is 2. The van der Waals surface area contributed by atoms with Crippen LogP contribution in [0, 0.1) is 12.7 Å². The lowest BCUT2D eigenvalue weighted by Crippen LogP contribution is -2.24. The molecule has 0 aliphatic rings. The molecule has 0 radical (unpaired) electrons. The zero-order valence-electron chi connectivity index (χ0n) is 14.8. The normalized spacial score (nSPS) is 11.9. The predicted molar refractivity (Wildman–Crippen MR) is 99.4 cm³/mol. The van der Waals surface area contributed by atoms with Gasteiger partial charge in [0.2, 0.25) is 0 Å². The molecule has 2 aromatic rings. The van der Waals surface area contributed by atoms with Crippen LogP contribution in [0.1, 0.15) is 23.7 Å². The largest absolute Gasteiger partial charge is 0.415 e. The predicted octanol–water partition coefficient (Wildman–Crippen LogP) is 4.98. The van der Waals surface area contributed by atoms with Crippen molar-refractivity contribution in [1.29, 1.82) is 0 Å². The number of aromatic nitrogens is 2.